The molecule has 4 rings (SSSR count). The Kier molecular flexibility index (Phi) is 4.98. The molecule has 0 aliphatic heterocycles. The molecule has 0 saturated heterocycles. The van der Waals surface area contributed by atoms with Gasteiger partial charge < -0.3 is 5.32 Å². The molecule has 0 aliphatic rings. The number of sulfone groups is 1. The average molecular weight is 439 g/mol. The second-order valence-electron chi connectivity index (χ2n) is 6.99. The maximum atomic E-state index is 14.1. The fraction of sp³-hybridized carbons (Fsp3) is 0.0909. The summed E-state index contributed by atoms with van der Waals surface area (Å²) in [5.74, 6) is -1.54. The van der Waals surface area contributed by atoms with Gasteiger partial charge in [-0.15, -0.1) is 0 Å². The molecule has 0 saturated carbocycles. The van der Waals surface area contributed by atoms with Gasteiger partial charge in [0, 0.05) is 14.1 Å². The third-order valence-corrected chi connectivity index (χ3v) is 6.89. The fourth-order valence-corrected chi connectivity index (χ4v) is 4.84. The van der Waals surface area contributed by atoms with E-state index in [0.29, 0.717) is 11.0 Å². The normalized spacial score (nSPS) is 11.6. The van der Waals surface area contributed by atoms with Gasteiger partial charge in [-0.05, 0) is 36.4 Å². The third-order valence-electron chi connectivity index (χ3n) is 5.08. The van der Waals surface area contributed by atoms with E-state index in [-0.39, 0.29) is 26.7 Å². The summed E-state index contributed by atoms with van der Waals surface area (Å²) in [6.45, 7) is 0. The van der Waals surface area contributed by atoms with Crippen LogP contribution in [0.5, 0.6) is 0 Å². The molecule has 3 aromatic carbocycles. The van der Waals surface area contributed by atoms with Crippen LogP contribution < -0.4 is 11.0 Å². The molecule has 9 heteroatoms. The first kappa shape index (κ1) is 20.5. The van der Waals surface area contributed by atoms with Crippen molar-refractivity contribution in [2.75, 3.05) is 5.32 Å². The maximum Gasteiger partial charge on any atom is 0.328 e. The zero-order chi connectivity index (χ0) is 22.3. The van der Waals surface area contributed by atoms with Gasteiger partial charge in [0.2, 0.25) is 9.84 Å². The zero-order valence-corrected chi connectivity index (χ0v) is 17.5. The summed E-state index contributed by atoms with van der Waals surface area (Å²) in [7, 11) is -0.983. The lowest BCUT2D eigenvalue weighted by molar-refractivity contribution is 0.102. The van der Waals surface area contributed by atoms with Crippen molar-refractivity contribution >= 4 is 32.5 Å². The lowest BCUT2D eigenvalue weighted by Crippen LogP contribution is -2.19. The number of imidazole rings is 1. The largest absolute Gasteiger partial charge is 0.328 e. The third kappa shape index (κ3) is 3.42. The van der Waals surface area contributed by atoms with Crippen LogP contribution in [-0.2, 0) is 23.9 Å². The van der Waals surface area contributed by atoms with E-state index in [2.05, 4.69) is 5.32 Å². The van der Waals surface area contributed by atoms with Gasteiger partial charge in [-0.1, -0.05) is 30.3 Å². The number of nitrogens with one attached hydrogen (secondary N) is 1. The zero-order valence-electron chi connectivity index (χ0n) is 16.7. The van der Waals surface area contributed by atoms with Gasteiger partial charge in [-0.2, -0.15) is 0 Å². The predicted molar refractivity (Wildman–Crippen MR) is 114 cm³/mol. The van der Waals surface area contributed by atoms with Crippen molar-refractivity contribution in [3.63, 3.8) is 0 Å². The van der Waals surface area contributed by atoms with Crippen molar-refractivity contribution in [3.05, 3.63) is 88.6 Å². The van der Waals surface area contributed by atoms with E-state index in [1.165, 1.54) is 58.6 Å². The van der Waals surface area contributed by atoms with Gasteiger partial charge >= 0.3 is 5.69 Å². The number of benzene rings is 3. The number of fused-ring (bicyclic) bond motifs is 1. The summed E-state index contributed by atoms with van der Waals surface area (Å²) in [4.78, 5) is 24.9. The standard InChI is InChI=1S/C22H18FN3O4S/c1-25-18-12-17(24-21(27)15-10-6-7-11-16(15)23)20(13-19(18)26(2)22(25)28)31(29,30)14-8-4-3-5-9-14/h3-13H,1-2H3,(H,24,27). The van der Waals surface area contributed by atoms with Gasteiger partial charge in [0.1, 0.15) is 5.82 Å². The molecule has 7 nitrogen and oxygen atoms in total. The SMILES string of the molecule is Cn1c(=O)n(C)c2cc(S(=O)(=O)c3ccccc3)c(NC(=O)c3ccccc3F)cc21. The number of carbonyl (C=O) groups excluding carboxylic acids is 1. The molecular formula is C22H18FN3O4S. The number of carbonyl (C=O) groups is 1. The first-order valence-electron chi connectivity index (χ1n) is 9.27. The molecule has 0 radical (unpaired) electrons. The minimum Gasteiger partial charge on any atom is -0.321 e. The Morgan fingerprint density at radius 2 is 1.48 bits per heavy atom. The van der Waals surface area contributed by atoms with Crippen LogP contribution >= 0.6 is 0 Å². The van der Waals surface area contributed by atoms with Gasteiger partial charge in [0.05, 0.1) is 32.1 Å². The number of anilines is 1. The second kappa shape index (κ2) is 7.51. The molecule has 158 valence electrons. The van der Waals surface area contributed by atoms with E-state index in [9.17, 15) is 22.4 Å². The van der Waals surface area contributed by atoms with Gasteiger partial charge in [0.15, 0.2) is 0 Å². The molecule has 1 amide bonds. The number of aryl methyl sites for hydroxylation is 2. The minimum absolute atomic E-state index is 0.0247. The molecule has 1 aromatic heterocycles. The van der Waals surface area contributed by atoms with Crippen LogP contribution in [0.15, 0.2) is 81.3 Å². The van der Waals surface area contributed by atoms with Crippen molar-refractivity contribution in [1.29, 1.82) is 0 Å². The maximum absolute atomic E-state index is 14.1. The molecule has 1 heterocycles. The number of aromatic nitrogens is 2. The summed E-state index contributed by atoms with van der Waals surface area (Å²) < 4.78 is 43.5. The molecule has 31 heavy (non-hydrogen) atoms. The molecule has 0 bridgehead atoms. The Morgan fingerprint density at radius 1 is 0.903 bits per heavy atom. The van der Waals surface area contributed by atoms with Gasteiger partial charge in [0.25, 0.3) is 5.91 Å². The summed E-state index contributed by atoms with van der Waals surface area (Å²) in [6, 6.07) is 15.9. The molecule has 0 fully saturated rings. The van der Waals surface area contributed by atoms with E-state index in [4.69, 9.17) is 0 Å². The van der Waals surface area contributed by atoms with E-state index < -0.39 is 21.6 Å². The molecule has 4 aromatic rings. The number of nitrogens with zero attached hydrogens (tertiary/aromatic N) is 2. The quantitative estimate of drug-likeness (QED) is 0.529. The molecule has 0 aliphatic carbocycles. The van der Waals surface area contributed by atoms with Crippen LogP contribution in [0.3, 0.4) is 0 Å². The summed E-state index contributed by atoms with van der Waals surface area (Å²) >= 11 is 0. The number of hydrogen-bond donors (Lipinski definition) is 1. The first-order chi connectivity index (χ1) is 14.7. The fourth-order valence-electron chi connectivity index (χ4n) is 3.41. The molecular weight excluding hydrogens is 421 g/mol. The van der Waals surface area contributed by atoms with Crippen LogP contribution in [0, 0.1) is 5.82 Å². The van der Waals surface area contributed by atoms with Crippen molar-refractivity contribution in [1.82, 2.24) is 9.13 Å². The summed E-state index contributed by atoms with van der Waals surface area (Å²) in [5.41, 5.74) is 0.170. The van der Waals surface area contributed by atoms with Crippen molar-refractivity contribution in [3.8, 4) is 0 Å². The highest BCUT2D eigenvalue weighted by Gasteiger charge is 2.25. The van der Waals surface area contributed by atoms with Gasteiger partial charge in [-0.25, -0.2) is 17.6 Å². The smallest absolute Gasteiger partial charge is 0.321 e. The Bertz CT molecular complexity index is 1490. The summed E-state index contributed by atoms with van der Waals surface area (Å²) in [5, 5.41) is 2.51. The van der Waals surface area contributed by atoms with Crippen LogP contribution in [0.1, 0.15) is 10.4 Å². The van der Waals surface area contributed by atoms with Crippen molar-refractivity contribution < 1.29 is 17.6 Å². The highest BCUT2D eigenvalue weighted by Crippen LogP contribution is 2.32. The van der Waals surface area contributed by atoms with E-state index in [1.54, 1.807) is 25.2 Å². The lowest BCUT2D eigenvalue weighted by Gasteiger charge is -2.13. The Morgan fingerprint density at radius 3 is 2.13 bits per heavy atom. The van der Waals surface area contributed by atoms with Crippen LogP contribution in [0.25, 0.3) is 11.0 Å². The Hall–Kier alpha value is -3.72. The first-order valence-corrected chi connectivity index (χ1v) is 10.8. The Balaban J connectivity index is 1.96. The highest BCUT2D eigenvalue weighted by molar-refractivity contribution is 7.91. The highest BCUT2D eigenvalue weighted by atomic mass is 32.2. The van der Waals surface area contributed by atoms with Crippen LogP contribution in [0.2, 0.25) is 0 Å². The molecule has 0 atom stereocenters. The number of amides is 1. The number of rotatable bonds is 4. The Labute approximate surface area is 177 Å². The van der Waals surface area contributed by atoms with E-state index >= 15 is 0 Å². The topological polar surface area (TPSA) is 90.2 Å². The minimum atomic E-state index is -4.05. The van der Waals surface area contributed by atoms with Crippen LogP contribution in [0.4, 0.5) is 10.1 Å². The monoisotopic (exact) mass is 439 g/mol. The van der Waals surface area contributed by atoms with E-state index in [1.807, 2.05) is 0 Å². The number of halogens is 1. The molecule has 0 unspecified atom stereocenters. The van der Waals surface area contributed by atoms with E-state index in [0.717, 1.165) is 6.07 Å². The summed E-state index contributed by atoms with van der Waals surface area (Å²) in [6.07, 6.45) is 0. The molecule has 0 spiro atoms. The lowest BCUT2D eigenvalue weighted by atomic mass is 10.2. The molecule has 1 N–H and O–H groups in total. The van der Waals surface area contributed by atoms with Gasteiger partial charge in [-0.3, -0.25) is 13.9 Å². The van der Waals surface area contributed by atoms with Crippen molar-refractivity contribution in [2.45, 2.75) is 9.79 Å². The van der Waals surface area contributed by atoms with Crippen LogP contribution in [-0.4, -0.2) is 23.5 Å². The number of hydrogen-bond acceptors (Lipinski definition) is 4. The van der Waals surface area contributed by atoms with Crippen molar-refractivity contribution in [2.24, 2.45) is 14.1 Å². The predicted octanol–water partition coefficient (Wildman–Crippen LogP) is 3.10. The average Bonchev–Trinajstić information content (AvgIpc) is 2.97. The second-order valence-corrected chi connectivity index (χ2v) is 8.91.